The fraction of sp³-hybridized carbons (Fsp3) is 0.304. The van der Waals surface area contributed by atoms with E-state index in [1.165, 1.54) is 58.9 Å². The van der Waals surface area contributed by atoms with E-state index in [0.29, 0.717) is 24.5 Å². The van der Waals surface area contributed by atoms with Crippen LogP contribution in [0.2, 0.25) is 0 Å². The lowest BCUT2D eigenvalue weighted by molar-refractivity contribution is 0.102. The minimum Gasteiger partial charge on any atom is -0.360 e. The number of anilines is 2. The molecule has 186 valence electrons. The first kappa shape index (κ1) is 24.9. The molecule has 35 heavy (non-hydrogen) atoms. The first-order valence-electron chi connectivity index (χ1n) is 11.1. The zero-order valence-corrected chi connectivity index (χ0v) is 20.7. The van der Waals surface area contributed by atoms with E-state index in [1.54, 1.807) is 6.92 Å². The van der Waals surface area contributed by atoms with Gasteiger partial charge in [0, 0.05) is 30.4 Å². The van der Waals surface area contributed by atoms with Gasteiger partial charge >= 0.3 is 0 Å². The second-order valence-electron chi connectivity index (χ2n) is 8.25. The van der Waals surface area contributed by atoms with Gasteiger partial charge in [0.05, 0.1) is 9.79 Å². The fourth-order valence-corrected chi connectivity index (χ4v) is 6.24. The molecule has 0 unspecified atom stereocenters. The molecule has 1 fully saturated rings. The highest BCUT2D eigenvalue weighted by Crippen LogP contribution is 2.22. The maximum absolute atomic E-state index is 12.9. The minimum atomic E-state index is -3.87. The van der Waals surface area contributed by atoms with E-state index in [9.17, 15) is 21.6 Å². The average Bonchev–Trinajstić information content (AvgIpc) is 3.06. The second-order valence-corrected chi connectivity index (χ2v) is 11.9. The summed E-state index contributed by atoms with van der Waals surface area (Å²) in [5.41, 5.74) is 0.659. The summed E-state index contributed by atoms with van der Waals surface area (Å²) in [6, 6.07) is 12.9. The third kappa shape index (κ3) is 5.89. The lowest BCUT2D eigenvalue weighted by atomic mass is 10.2. The Morgan fingerprint density at radius 1 is 0.886 bits per heavy atom. The van der Waals surface area contributed by atoms with Crippen molar-refractivity contribution in [3.63, 3.8) is 0 Å². The average molecular weight is 519 g/mol. The monoisotopic (exact) mass is 518 g/mol. The van der Waals surface area contributed by atoms with Gasteiger partial charge < -0.3 is 9.84 Å². The fourth-order valence-electron chi connectivity index (χ4n) is 3.74. The highest BCUT2D eigenvalue weighted by atomic mass is 32.2. The third-order valence-corrected chi connectivity index (χ3v) is 8.89. The molecule has 0 spiro atoms. The van der Waals surface area contributed by atoms with Crippen LogP contribution in [0, 0.1) is 6.92 Å². The first-order valence-corrected chi connectivity index (χ1v) is 14.1. The van der Waals surface area contributed by atoms with Gasteiger partial charge in [-0.2, -0.15) is 4.31 Å². The van der Waals surface area contributed by atoms with Gasteiger partial charge in [0.2, 0.25) is 10.0 Å². The standard InChI is InChI=1S/C23H26N4O6S2/c1-17-16-22(25-33-17)26-34(29,30)20-12-8-19(9-13-20)24-23(28)18-6-10-21(11-7-18)35(31,32)27-14-4-2-3-5-15-27/h6-13,16H,2-5,14-15H2,1H3,(H,24,28)(H,25,26). The summed E-state index contributed by atoms with van der Waals surface area (Å²) in [6.45, 7) is 2.65. The molecule has 0 saturated carbocycles. The number of carbonyl (C=O) groups excluding carboxylic acids is 1. The summed E-state index contributed by atoms with van der Waals surface area (Å²) in [5, 5.41) is 6.28. The molecule has 0 radical (unpaired) electrons. The summed E-state index contributed by atoms with van der Waals surface area (Å²) in [5.74, 6) is 0.0880. The number of sulfonamides is 2. The van der Waals surface area contributed by atoms with Crippen LogP contribution in [-0.2, 0) is 20.0 Å². The largest absolute Gasteiger partial charge is 0.360 e. The van der Waals surface area contributed by atoms with Crippen molar-refractivity contribution in [3.8, 4) is 0 Å². The van der Waals surface area contributed by atoms with Gasteiger partial charge in [-0.3, -0.25) is 9.52 Å². The molecule has 10 nitrogen and oxygen atoms in total. The molecule has 3 aromatic rings. The number of nitrogens with zero attached hydrogens (tertiary/aromatic N) is 2. The van der Waals surface area contributed by atoms with Gasteiger partial charge in [-0.05, 0) is 68.3 Å². The van der Waals surface area contributed by atoms with Gasteiger partial charge in [0.25, 0.3) is 15.9 Å². The van der Waals surface area contributed by atoms with E-state index in [0.717, 1.165) is 25.7 Å². The Bertz CT molecular complexity index is 1390. The van der Waals surface area contributed by atoms with Crippen LogP contribution >= 0.6 is 0 Å². The van der Waals surface area contributed by atoms with Crippen molar-refractivity contribution >= 4 is 37.5 Å². The molecule has 4 rings (SSSR count). The molecule has 1 aliphatic heterocycles. The Labute approximate surface area is 204 Å². The van der Waals surface area contributed by atoms with Crippen molar-refractivity contribution in [2.45, 2.75) is 42.4 Å². The van der Waals surface area contributed by atoms with Crippen LogP contribution in [0.5, 0.6) is 0 Å². The zero-order valence-electron chi connectivity index (χ0n) is 19.1. The first-order chi connectivity index (χ1) is 16.6. The number of hydrogen-bond acceptors (Lipinski definition) is 7. The number of carbonyl (C=O) groups is 1. The van der Waals surface area contributed by atoms with E-state index in [2.05, 4.69) is 15.2 Å². The number of rotatable bonds is 7. The van der Waals surface area contributed by atoms with Gasteiger partial charge in [0.15, 0.2) is 5.82 Å². The Balaban J connectivity index is 1.41. The molecule has 1 aliphatic rings. The predicted octanol–water partition coefficient (Wildman–Crippen LogP) is 3.60. The summed E-state index contributed by atoms with van der Waals surface area (Å²) in [6.07, 6.45) is 3.73. The quantitative estimate of drug-likeness (QED) is 0.487. The normalized spacial score (nSPS) is 15.3. The number of hydrogen-bond donors (Lipinski definition) is 2. The summed E-state index contributed by atoms with van der Waals surface area (Å²) in [4.78, 5) is 12.8. The van der Waals surface area contributed by atoms with Crippen molar-refractivity contribution in [2.24, 2.45) is 0 Å². The smallest absolute Gasteiger partial charge is 0.263 e. The molecule has 12 heteroatoms. The van der Waals surface area contributed by atoms with Crippen molar-refractivity contribution < 1.29 is 26.2 Å². The molecule has 2 N–H and O–H groups in total. The van der Waals surface area contributed by atoms with Gasteiger partial charge in [-0.15, -0.1) is 0 Å². The molecule has 1 saturated heterocycles. The van der Waals surface area contributed by atoms with E-state index in [1.807, 2.05) is 0 Å². The van der Waals surface area contributed by atoms with Gasteiger partial charge in [-0.25, -0.2) is 16.8 Å². The maximum atomic E-state index is 12.9. The van der Waals surface area contributed by atoms with Crippen LogP contribution < -0.4 is 10.0 Å². The van der Waals surface area contributed by atoms with E-state index in [4.69, 9.17) is 4.52 Å². The number of benzene rings is 2. The van der Waals surface area contributed by atoms with Crippen molar-refractivity contribution in [1.82, 2.24) is 9.46 Å². The summed E-state index contributed by atoms with van der Waals surface area (Å²) >= 11 is 0. The summed E-state index contributed by atoms with van der Waals surface area (Å²) in [7, 11) is -7.47. The maximum Gasteiger partial charge on any atom is 0.263 e. The van der Waals surface area contributed by atoms with Crippen LogP contribution in [-0.4, -0.2) is 45.3 Å². The lowest BCUT2D eigenvalue weighted by Gasteiger charge is -2.20. The number of aryl methyl sites for hydroxylation is 1. The molecule has 1 amide bonds. The third-order valence-electron chi connectivity index (χ3n) is 5.61. The molecule has 0 bridgehead atoms. The Kier molecular flexibility index (Phi) is 7.24. The Hall–Kier alpha value is -3.22. The highest BCUT2D eigenvalue weighted by Gasteiger charge is 2.25. The van der Waals surface area contributed by atoms with E-state index in [-0.39, 0.29) is 21.2 Å². The van der Waals surface area contributed by atoms with Crippen molar-refractivity contribution in [2.75, 3.05) is 23.1 Å². The second kappa shape index (κ2) is 10.2. The molecular formula is C23H26N4O6S2. The number of aromatic nitrogens is 1. The highest BCUT2D eigenvalue weighted by molar-refractivity contribution is 7.92. The Morgan fingerprint density at radius 2 is 1.49 bits per heavy atom. The Morgan fingerprint density at radius 3 is 2.06 bits per heavy atom. The molecule has 0 atom stereocenters. The molecule has 1 aromatic heterocycles. The number of amides is 1. The number of nitrogens with one attached hydrogen (secondary N) is 2. The molecule has 2 aromatic carbocycles. The van der Waals surface area contributed by atoms with Crippen LogP contribution in [0.1, 0.15) is 41.8 Å². The van der Waals surface area contributed by atoms with E-state index >= 15 is 0 Å². The molecule has 0 aliphatic carbocycles. The topological polar surface area (TPSA) is 139 Å². The van der Waals surface area contributed by atoms with Crippen LogP contribution in [0.4, 0.5) is 11.5 Å². The predicted molar refractivity (Wildman–Crippen MR) is 130 cm³/mol. The van der Waals surface area contributed by atoms with Crippen LogP contribution in [0.15, 0.2) is 68.9 Å². The van der Waals surface area contributed by atoms with Crippen molar-refractivity contribution in [1.29, 1.82) is 0 Å². The van der Waals surface area contributed by atoms with Crippen LogP contribution in [0.3, 0.4) is 0 Å². The van der Waals surface area contributed by atoms with E-state index < -0.39 is 26.0 Å². The molecular weight excluding hydrogens is 492 g/mol. The zero-order chi connectivity index (χ0) is 25.1. The van der Waals surface area contributed by atoms with Crippen LogP contribution in [0.25, 0.3) is 0 Å². The minimum absolute atomic E-state index is 0.0146. The SMILES string of the molecule is Cc1cc(NS(=O)(=O)c2ccc(NC(=O)c3ccc(S(=O)(=O)N4CCCCCC4)cc3)cc2)no1. The lowest BCUT2D eigenvalue weighted by Crippen LogP contribution is -2.31. The molecule has 2 heterocycles. The van der Waals surface area contributed by atoms with Crippen molar-refractivity contribution in [3.05, 3.63) is 65.9 Å². The van der Waals surface area contributed by atoms with Gasteiger partial charge in [0.1, 0.15) is 5.76 Å². The van der Waals surface area contributed by atoms with Gasteiger partial charge in [-0.1, -0.05) is 18.0 Å². The summed E-state index contributed by atoms with van der Waals surface area (Å²) < 4.78 is 59.4.